The summed E-state index contributed by atoms with van der Waals surface area (Å²) in [6.07, 6.45) is -3.40. The average Bonchev–Trinajstić information content (AvgIpc) is 3.14. The highest BCUT2D eigenvalue weighted by atomic mass is 19.4. The molecule has 1 unspecified atom stereocenters. The number of hydrogen-bond acceptors (Lipinski definition) is 4. The molecule has 1 fully saturated rings. The molecule has 9 heteroatoms. The number of alkyl halides is 3. The second-order valence-electron chi connectivity index (χ2n) is 7.74. The number of nitrogens with one attached hydrogen (secondary N) is 2. The highest BCUT2D eigenvalue weighted by Gasteiger charge is 2.34. The smallest absolute Gasteiger partial charge is 0.401 e. The summed E-state index contributed by atoms with van der Waals surface area (Å²) in [5.41, 5.74) is 2.07. The number of ether oxygens (including phenoxy) is 2. The van der Waals surface area contributed by atoms with Crippen LogP contribution in [-0.2, 0) is 11.3 Å². The summed E-state index contributed by atoms with van der Waals surface area (Å²) in [5, 5.41) is 6.48. The van der Waals surface area contributed by atoms with Gasteiger partial charge in [-0.1, -0.05) is 12.1 Å². The molecule has 6 nitrogen and oxygen atoms in total. The fourth-order valence-electron chi connectivity index (χ4n) is 3.51. The van der Waals surface area contributed by atoms with Gasteiger partial charge in [0.2, 0.25) is 0 Å². The van der Waals surface area contributed by atoms with E-state index >= 15 is 0 Å². The van der Waals surface area contributed by atoms with Crippen LogP contribution >= 0.6 is 0 Å². The lowest BCUT2D eigenvalue weighted by Crippen LogP contribution is -2.40. The van der Waals surface area contributed by atoms with Crippen molar-refractivity contribution in [3.05, 3.63) is 29.3 Å². The highest BCUT2D eigenvalue weighted by molar-refractivity contribution is 5.79. The second kappa shape index (κ2) is 12.8. The normalized spacial score (nSPS) is 17.7. The van der Waals surface area contributed by atoms with E-state index in [1.807, 2.05) is 39.0 Å². The molecule has 0 spiro atoms. The van der Waals surface area contributed by atoms with Crippen molar-refractivity contribution < 1.29 is 22.6 Å². The lowest BCUT2D eigenvalue weighted by Gasteiger charge is -2.19. The maximum absolute atomic E-state index is 12.6. The number of nitrogens with zero attached hydrogens (tertiary/aromatic N) is 2. The van der Waals surface area contributed by atoms with Crippen LogP contribution in [0.2, 0.25) is 0 Å². The van der Waals surface area contributed by atoms with Gasteiger partial charge < -0.3 is 20.1 Å². The van der Waals surface area contributed by atoms with E-state index in [2.05, 4.69) is 15.6 Å². The van der Waals surface area contributed by atoms with E-state index in [4.69, 9.17) is 9.47 Å². The van der Waals surface area contributed by atoms with Crippen molar-refractivity contribution in [3.8, 4) is 5.75 Å². The van der Waals surface area contributed by atoms with Crippen LogP contribution in [0.1, 0.15) is 31.4 Å². The van der Waals surface area contributed by atoms with Crippen LogP contribution in [0.15, 0.2) is 23.2 Å². The van der Waals surface area contributed by atoms with Crippen molar-refractivity contribution in [1.82, 2.24) is 15.5 Å². The number of benzene rings is 1. The Bertz CT molecular complexity index is 698. The zero-order chi connectivity index (χ0) is 22.7. The van der Waals surface area contributed by atoms with Gasteiger partial charge in [0.25, 0.3) is 0 Å². The maximum atomic E-state index is 12.6. The topological polar surface area (TPSA) is 58.1 Å². The van der Waals surface area contributed by atoms with Gasteiger partial charge in [0.05, 0.1) is 19.7 Å². The lowest BCUT2D eigenvalue weighted by atomic mass is 10.1. The van der Waals surface area contributed by atoms with Gasteiger partial charge in [-0.3, -0.25) is 4.90 Å². The van der Waals surface area contributed by atoms with E-state index in [0.717, 1.165) is 23.3 Å². The van der Waals surface area contributed by atoms with Gasteiger partial charge in [0, 0.05) is 31.8 Å². The highest BCUT2D eigenvalue weighted by Crippen LogP contribution is 2.23. The van der Waals surface area contributed by atoms with Crippen molar-refractivity contribution in [3.63, 3.8) is 0 Å². The third-order valence-corrected chi connectivity index (χ3v) is 4.99. The number of hydrogen-bond donors (Lipinski definition) is 2. The Morgan fingerprint density at radius 3 is 2.74 bits per heavy atom. The Kier molecular flexibility index (Phi) is 10.4. The van der Waals surface area contributed by atoms with Crippen LogP contribution in [-0.4, -0.2) is 69.6 Å². The minimum atomic E-state index is -4.14. The first-order chi connectivity index (χ1) is 14.8. The molecule has 176 valence electrons. The van der Waals surface area contributed by atoms with E-state index in [1.165, 1.54) is 4.90 Å². The first-order valence-corrected chi connectivity index (χ1v) is 10.9. The van der Waals surface area contributed by atoms with Crippen molar-refractivity contribution >= 4 is 5.96 Å². The average molecular weight is 445 g/mol. The fraction of sp³-hybridized carbons (Fsp3) is 0.682. The first-order valence-electron chi connectivity index (χ1n) is 10.9. The quantitative estimate of drug-likeness (QED) is 0.312. The number of likely N-dealkylation sites (tertiary alicyclic amines) is 1. The van der Waals surface area contributed by atoms with Crippen LogP contribution in [0.4, 0.5) is 13.2 Å². The first kappa shape index (κ1) is 25.3. The monoisotopic (exact) mass is 444 g/mol. The summed E-state index contributed by atoms with van der Waals surface area (Å²) in [4.78, 5) is 6.11. The molecule has 0 radical (unpaired) electrons. The summed E-state index contributed by atoms with van der Waals surface area (Å²) >= 11 is 0. The molecule has 0 aliphatic carbocycles. The third kappa shape index (κ3) is 9.78. The molecule has 1 atom stereocenters. The molecular formula is C22H35F3N4O2. The van der Waals surface area contributed by atoms with Gasteiger partial charge in [-0.05, 0) is 51.3 Å². The molecule has 2 N–H and O–H groups in total. The minimum Gasteiger partial charge on any atom is -0.491 e. The van der Waals surface area contributed by atoms with E-state index < -0.39 is 12.7 Å². The maximum Gasteiger partial charge on any atom is 0.401 e. The molecule has 0 amide bonds. The Hall–Kier alpha value is -2.00. The summed E-state index contributed by atoms with van der Waals surface area (Å²) in [7, 11) is 0. The number of halogens is 3. The largest absolute Gasteiger partial charge is 0.491 e. The molecule has 31 heavy (non-hydrogen) atoms. The number of aliphatic imine (C=N–C) groups is 1. The molecule has 1 aromatic carbocycles. The number of aryl methyl sites for hydroxylation is 1. The van der Waals surface area contributed by atoms with Crippen molar-refractivity contribution in [1.29, 1.82) is 0 Å². The van der Waals surface area contributed by atoms with E-state index in [1.54, 1.807) is 0 Å². The van der Waals surface area contributed by atoms with Gasteiger partial charge in [-0.15, -0.1) is 0 Å². The molecule has 1 aromatic rings. The lowest BCUT2D eigenvalue weighted by molar-refractivity contribution is -0.143. The molecule has 1 heterocycles. The van der Waals surface area contributed by atoms with E-state index in [0.29, 0.717) is 58.5 Å². The summed E-state index contributed by atoms with van der Waals surface area (Å²) < 4.78 is 48.9. The number of guanidine groups is 1. The molecule has 0 saturated carbocycles. The van der Waals surface area contributed by atoms with Crippen LogP contribution in [0.3, 0.4) is 0 Å². The van der Waals surface area contributed by atoms with Crippen LogP contribution in [0, 0.1) is 12.8 Å². The SMILES string of the molecule is CCNC(=NCc1ccc(C)cc1OCCOCC)NCC1CCN(CC(F)(F)F)C1. The predicted octanol–water partition coefficient (Wildman–Crippen LogP) is 3.35. The summed E-state index contributed by atoms with van der Waals surface area (Å²) in [6, 6.07) is 6.02. The van der Waals surface area contributed by atoms with Crippen LogP contribution < -0.4 is 15.4 Å². The molecule has 0 bridgehead atoms. The Labute approximate surface area is 183 Å². The predicted molar refractivity (Wildman–Crippen MR) is 117 cm³/mol. The molecule has 2 rings (SSSR count). The molecular weight excluding hydrogens is 409 g/mol. The molecule has 0 aromatic heterocycles. The van der Waals surface area contributed by atoms with Crippen LogP contribution in [0.25, 0.3) is 0 Å². The fourth-order valence-corrected chi connectivity index (χ4v) is 3.51. The van der Waals surface area contributed by atoms with Crippen LogP contribution in [0.5, 0.6) is 5.75 Å². The van der Waals surface area contributed by atoms with Gasteiger partial charge in [0.1, 0.15) is 12.4 Å². The van der Waals surface area contributed by atoms with Gasteiger partial charge in [-0.25, -0.2) is 4.99 Å². The van der Waals surface area contributed by atoms with Crippen molar-refractivity contribution in [2.45, 2.75) is 39.9 Å². The zero-order valence-corrected chi connectivity index (χ0v) is 18.7. The Morgan fingerprint density at radius 2 is 2.03 bits per heavy atom. The zero-order valence-electron chi connectivity index (χ0n) is 18.7. The van der Waals surface area contributed by atoms with Gasteiger partial charge in [-0.2, -0.15) is 13.2 Å². The van der Waals surface area contributed by atoms with Gasteiger partial charge in [0.15, 0.2) is 5.96 Å². The molecule has 1 aliphatic rings. The van der Waals surface area contributed by atoms with Crippen molar-refractivity contribution in [2.24, 2.45) is 10.9 Å². The second-order valence-corrected chi connectivity index (χ2v) is 7.74. The minimum absolute atomic E-state index is 0.169. The standard InChI is InChI=1S/C22H35F3N4O2/c1-4-26-21(27-13-18-8-9-29(15-18)16-22(23,24)25)28-14-19-7-6-17(3)12-20(19)31-11-10-30-5-2/h6-7,12,18H,4-5,8-11,13-16H2,1-3H3,(H2,26,27,28). The third-order valence-electron chi connectivity index (χ3n) is 4.99. The van der Waals surface area contributed by atoms with Gasteiger partial charge >= 0.3 is 6.18 Å². The Balaban J connectivity index is 1.91. The Morgan fingerprint density at radius 1 is 1.23 bits per heavy atom. The molecule has 1 saturated heterocycles. The number of rotatable bonds is 11. The summed E-state index contributed by atoms with van der Waals surface area (Å²) in [5.74, 6) is 1.61. The van der Waals surface area contributed by atoms with E-state index in [-0.39, 0.29) is 5.92 Å². The van der Waals surface area contributed by atoms with Crippen molar-refractivity contribution in [2.75, 3.05) is 52.5 Å². The molecule has 1 aliphatic heterocycles. The summed E-state index contributed by atoms with van der Waals surface area (Å²) in [6.45, 7) is 9.40. The van der Waals surface area contributed by atoms with E-state index in [9.17, 15) is 13.2 Å².